The molecular weight excluding hydrogens is 305 g/mol. The lowest BCUT2D eigenvalue weighted by Gasteiger charge is -2.08. The molecule has 2 heteroatoms. The van der Waals surface area contributed by atoms with E-state index in [9.17, 15) is 0 Å². The van der Waals surface area contributed by atoms with Gasteiger partial charge in [0, 0.05) is 16.5 Å². The fourth-order valence-electron chi connectivity index (χ4n) is 3.60. The van der Waals surface area contributed by atoms with E-state index in [2.05, 4.69) is 88.9 Å². The molecule has 118 valence electrons. The van der Waals surface area contributed by atoms with Crippen molar-refractivity contribution in [3.05, 3.63) is 78.4 Å². The number of fused-ring (bicyclic) bond motifs is 3. The van der Waals surface area contributed by atoms with Crippen LogP contribution in [0.15, 0.2) is 72.8 Å². The highest BCUT2D eigenvalue weighted by molar-refractivity contribution is 6.55. The molecule has 0 N–H and O–H groups in total. The number of aromatic nitrogens is 1. The summed E-state index contributed by atoms with van der Waals surface area (Å²) in [5, 5.41) is 4.17. The number of para-hydroxylation sites is 2. The maximum atomic E-state index is 2.44. The molecule has 0 radical (unpaired) electrons. The molecule has 0 aliphatic heterocycles. The van der Waals surface area contributed by atoms with Crippen LogP contribution in [-0.2, 0) is 6.42 Å². The second kappa shape index (κ2) is 6.48. The molecule has 0 atom stereocenters. The molecule has 0 aliphatic rings. The Morgan fingerprint density at radius 3 is 2.25 bits per heavy atom. The molecule has 0 amide bonds. The van der Waals surface area contributed by atoms with Crippen molar-refractivity contribution in [1.82, 2.24) is 4.57 Å². The topological polar surface area (TPSA) is 4.93 Å². The summed E-state index contributed by atoms with van der Waals surface area (Å²) in [6.45, 7) is 0. The molecule has 1 aromatic heterocycles. The lowest BCUT2D eigenvalue weighted by atomic mass is 10.0. The quantitative estimate of drug-likeness (QED) is 0.400. The van der Waals surface area contributed by atoms with E-state index in [-0.39, 0.29) is 0 Å². The Hall–Kier alpha value is -2.01. The molecule has 0 aliphatic carbocycles. The first-order valence-electron chi connectivity index (χ1n) is 8.82. The summed E-state index contributed by atoms with van der Waals surface area (Å²) < 4.78 is 2.40. The molecular formula is C22H22AlN. The zero-order valence-corrected chi connectivity index (χ0v) is 15.5. The van der Waals surface area contributed by atoms with Crippen molar-refractivity contribution in [3.8, 4) is 5.69 Å². The van der Waals surface area contributed by atoms with Crippen LogP contribution in [-0.4, -0.2) is 18.7 Å². The van der Waals surface area contributed by atoms with Crippen LogP contribution < -0.4 is 0 Å². The first-order valence-corrected chi connectivity index (χ1v) is 11.9. The van der Waals surface area contributed by atoms with Crippen molar-refractivity contribution >= 4 is 36.0 Å². The second-order valence-electron chi connectivity index (χ2n) is 6.93. The summed E-state index contributed by atoms with van der Waals surface area (Å²) >= 11 is -0.542. The Labute approximate surface area is 147 Å². The van der Waals surface area contributed by atoms with Crippen LogP contribution in [0.1, 0.15) is 5.56 Å². The third kappa shape index (κ3) is 2.67. The van der Waals surface area contributed by atoms with E-state index in [1.54, 1.807) is 0 Å². The van der Waals surface area contributed by atoms with Crippen LogP contribution >= 0.6 is 0 Å². The number of nitrogens with zero attached hydrogens (tertiary/aromatic N) is 1. The van der Waals surface area contributed by atoms with E-state index in [1.807, 2.05) is 0 Å². The maximum Gasteiger partial charge on any atom is 0.255 e. The van der Waals surface area contributed by atoms with Crippen molar-refractivity contribution in [2.45, 2.75) is 23.3 Å². The normalized spacial score (nSPS) is 11.2. The van der Waals surface area contributed by atoms with Crippen molar-refractivity contribution < 1.29 is 0 Å². The van der Waals surface area contributed by atoms with Gasteiger partial charge >= 0.3 is 0 Å². The molecule has 0 saturated heterocycles. The Morgan fingerprint density at radius 2 is 1.46 bits per heavy atom. The van der Waals surface area contributed by atoms with Crippen molar-refractivity contribution in [3.63, 3.8) is 0 Å². The molecule has 0 saturated carbocycles. The van der Waals surface area contributed by atoms with Gasteiger partial charge in [0.05, 0.1) is 11.0 Å². The van der Waals surface area contributed by atoms with Gasteiger partial charge < -0.3 is 4.57 Å². The van der Waals surface area contributed by atoms with Gasteiger partial charge in [0.1, 0.15) is 0 Å². The van der Waals surface area contributed by atoms with Gasteiger partial charge in [0.15, 0.2) is 0 Å². The second-order valence-corrected chi connectivity index (χ2v) is 10.3. The van der Waals surface area contributed by atoms with E-state index < -0.39 is 14.1 Å². The van der Waals surface area contributed by atoms with Gasteiger partial charge in [-0.05, 0) is 36.2 Å². The summed E-state index contributed by atoms with van der Waals surface area (Å²) in [5.41, 5.74) is 5.36. The predicted molar refractivity (Wildman–Crippen MR) is 107 cm³/mol. The molecule has 0 unspecified atom stereocenters. The maximum absolute atomic E-state index is 2.44. The van der Waals surface area contributed by atoms with E-state index in [1.165, 1.54) is 44.8 Å². The van der Waals surface area contributed by atoms with E-state index >= 15 is 0 Å². The van der Waals surface area contributed by atoms with Crippen LogP contribution in [0.3, 0.4) is 0 Å². The smallest absolute Gasteiger partial charge is 0.255 e. The summed E-state index contributed by atoms with van der Waals surface area (Å²) in [6, 6.07) is 26.3. The molecule has 1 nitrogen and oxygen atoms in total. The van der Waals surface area contributed by atoms with Gasteiger partial charge in [-0.2, -0.15) is 0 Å². The molecule has 0 bridgehead atoms. The molecule has 24 heavy (non-hydrogen) atoms. The largest absolute Gasteiger partial charge is 0.309 e. The number of aryl methyl sites for hydroxylation is 1. The monoisotopic (exact) mass is 327 g/mol. The lowest BCUT2D eigenvalue weighted by molar-refractivity contribution is 1.12. The number of hydrogen-bond acceptors (Lipinski definition) is 0. The van der Waals surface area contributed by atoms with E-state index in [4.69, 9.17) is 0 Å². The summed E-state index contributed by atoms with van der Waals surface area (Å²) in [7, 11) is 0. The highest BCUT2D eigenvalue weighted by Gasteiger charge is 2.15. The van der Waals surface area contributed by atoms with Crippen LogP contribution in [0, 0.1) is 0 Å². The Morgan fingerprint density at radius 1 is 0.750 bits per heavy atom. The van der Waals surface area contributed by atoms with Gasteiger partial charge in [0.2, 0.25) is 0 Å². The third-order valence-electron chi connectivity index (χ3n) is 4.79. The summed E-state index contributed by atoms with van der Waals surface area (Å²) in [6.07, 6.45) is 1.20. The average molecular weight is 327 g/mol. The first kappa shape index (κ1) is 15.5. The van der Waals surface area contributed by atoms with Gasteiger partial charge in [-0.3, -0.25) is 0 Å². The average Bonchev–Trinajstić information content (AvgIpc) is 2.95. The molecule has 0 spiro atoms. The van der Waals surface area contributed by atoms with Crippen LogP contribution in [0.25, 0.3) is 27.5 Å². The fraction of sp³-hybridized carbons (Fsp3) is 0.182. The minimum Gasteiger partial charge on any atom is -0.309 e. The fourth-order valence-corrected chi connectivity index (χ4v) is 4.49. The van der Waals surface area contributed by atoms with Gasteiger partial charge in [0.25, 0.3) is 14.1 Å². The molecule has 1 heterocycles. The molecule has 4 rings (SSSR count). The van der Waals surface area contributed by atoms with Crippen molar-refractivity contribution in [2.75, 3.05) is 0 Å². The van der Waals surface area contributed by atoms with E-state index in [0.29, 0.717) is 0 Å². The summed E-state index contributed by atoms with van der Waals surface area (Å²) in [5.74, 6) is 4.88. The Kier molecular flexibility index (Phi) is 4.19. The first-order chi connectivity index (χ1) is 11.8. The number of hydrogen-bond donors (Lipinski definition) is 0. The highest BCUT2D eigenvalue weighted by Crippen LogP contribution is 2.34. The minimum atomic E-state index is -0.542. The van der Waals surface area contributed by atoms with Gasteiger partial charge in [-0.1, -0.05) is 53.8 Å². The van der Waals surface area contributed by atoms with Gasteiger partial charge in [-0.25, -0.2) is 0 Å². The predicted octanol–water partition coefficient (Wildman–Crippen LogP) is 6.08. The van der Waals surface area contributed by atoms with Crippen LogP contribution in [0.5, 0.6) is 0 Å². The van der Waals surface area contributed by atoms with E-state index in [0.717, 1.165) is 0 Å². The summed E-state index contributed by atoms with van der Waals surface area (Å²) in [4.78, 5) is 0. The standard InChI is InChI=1S/C20H16N.2CH3.Al/c1-2-15-9-8-14-19-20(15)17-12-6-7-13-18(17)21(19)16-10-4-3-5-11-16;;;/h3-14H,1-2H2;2*1H3;. The van der Waals surface area contributed by atoms with Gasteiger partial charge in [-0.15, -0.1) is 11.6 Å². The minimum absolute atomic E-state index is 0.542. The van der Waals surface area contributed by atoms with Crippen LogP contribution in [0.4, 0.5) is 0 Å². The Bertz CT molecular complexity index is 983. The molecule has 3 aromatic carbocycles. The molecule has 0 fully saturated rings. The highest BCUT2D eigenvalue weighted by atomic mass is 27.2. The van der Waals surface area contributed by atoms with Crippen molar-refractivity contribution in [1.29, 1.82) is 0 Å². The zero-order valence-electron chi connectivity index (χ0n) is 14.4. The number of rotatable bonds is 4. The molecule has 4 aromatic rings. The SMILES string of the molecule is [CH3][Al]([CH3])[CH2]Cc1cccc2c1c1ccccc1n2-c1ccccc1. The lowest BCUT2D eigenvalue weighted by Crippen LogP contribution is -2.01. The van der Waals surface area contributed by atoms with Crippen molar-refractivity contribution in [2.24, 2.45) is 0 Å². The van der Waals surface area contributed by atoms with Crippen LogP contribution in [0.2, 0.25) is 16.9 Å². The third-order valence-corrected chi connectivity index (χ3v) is 6.23. The zero-order chi connectivity index (χ0) is 16.5. The number of benzene rings is 3. The Balaban J connectivity index is 2.03.